The largest absolute Gasteiger partial charge is 0.387 e. The summed E-state index contributed by atoms with van der Waals surface area (Å²) in [7, 11) is 0. The van der Waals surface area contributed by atoms with Gasteiger partial charge in [0.25, 0.3) is 0 Å². The maximum atomic E-state index is 13.7. The molecule has 1 aromatic heterocycles. The second-order valence-corrected chi connectivity index (χ2v) is 9.29. The number of benzene rings is 2. The van der Waals surface area contributed by atoms with Crippen LogP contribution in [0.1, 0.15) is 22.3 Å². The Labute approximate surface area is 212 Å². The first-order chi connectivity index (χ1) is 17.6. The molecule has 0 saturated heterocycles. The molecule has 1 unspecified atom stereocenters. The van der Waals surface area contributed by atoms with E-state index in [0.717, 1.165) is 56.7 Å². The molecule has 2 aliphatic heterocycles. The van der Waals surface area contributed by atoms with E-state index in [4.69, 9.17) is 0 Å². The number of pyridine rings is 1. The number of aromatic nitrogens is 1. The fraction of sp³-hybridized carbons (Fsp3) is 0.300. The van der Waals surface area contributed by atoms with E-state index in [9.17, 15) is 8.78 Å². The SMILES string of the molecule is Cc1ccncc1.Fc1ccc(CC2Cc3cc(F)ccc3CN2CCNCC2=CCNC=C2)cc1. The van der Waals surface area contributed by atoms with Gasteiger partial charge in [-0.3, -0.25) is 9.88 Å². The van der Waals surface area contributed by atoms with Gasteiger partial charge in [-0.15, -0.1) is 0 Å². The van der Waals surface area contributed by atoms with Crippen molar-refractivity contribution in [2.75, 3.05) is 26.2 Å². The zero-order valence-electron chi connectivity index (χ0n) is 20.8. The zero-order chi connectivity index (χ0) is 25.2. The van der Waals surface area contributed by atoms with Crippen molar-refractivity contribution in [2.24, 2.45) is 0 Å². The highest BCUT2D eigenvalue weighted by atomic mass is 19.1. The highest BCUT2D eigenvalue weighted by Crippen LogP contribution is 2.26. The van der Waals surface area contributed by atoms with E-state index in [1.807, 2.05) is 43.5 Å². The molecule has 0 spiro atoms. The third-order valence-electron chi connectivity index (χ3n) is 6.55. The molecule has 2 aromatic carbocycles. The lowest BCUT2D eigenvalue weighted by molar-refractivity contribution is 0.171. The Morgan fingerprint density at radius 3 is 2.47 bits per heavy atom. The van der Waals surface area contributed by atoms with E-state index in [0.29, 0.717) is 0 Å². The molecule has 0 radical (unpaired) electrons. The minimum Gasteiger partial charge on any atom is -0.387 e. The summed E-state index contributed by atoms with van der Waals surface area (Å²) in [6.45, 7) is 6.40. The minimum absolute atomic E-state index is 0.178. The van der Waals surface area contributed by atoms with Crippen molar-refractivity contribution < 1.29 is 8.78 Å². The molecule has 4 nitrogen and oxygen atoms in total. The molecule has 5 rings (SSSR count). The first kappa shape index (κ1) is 25.7. The Balaban J connectivity index is 0.000000375. The van der Waals surface area contributed by atoms with Crippen molar-refractivity contribution in [3.05, 3.63) is 125 Å². The molecule has 2 aliphatic rings. The van der Waals surface area contributed by atoms with Crippen LogP contribution in [0.5, 0.6) is 0 Å². The van der Waals surface area contributed by atoms with Crippen molar-refractivity contribution >= 4 is 0 Å². The maximum absolute atomic E-state index is 13.7. The van der Waals surface area contributed by atoms with Gasteiger partial charge in [0.15, 0.2) is 0 Å². The fourth-order valence-corrected chi connectivity index (χ4v) is 4.53. The standard InChI is InChI=1S/C24H27F2N3.C6H7N/c25-22-4-1-18(2-5-22)13-24-15-21-14-23(26)6-3-20(21)17-29(24)12-11-28-16-19-7-9-27-10-8-19;1-6-2-4-7-5-3-6/h1-9,14,24,27-28H,10-13,15-17H2;2-5H,1H3. The summed E-state index contributed by atoms with van der Waals surface area (Å²) in [6.07, 6.45) is 11.5. The first-order valence-corrected chi connectivity index (χ1v) is 12.5. The Hall–Kier alpha value is -3.35. The zero-order valence-corrected chi connectivity index (χ0v) is 20.8. The number of aryl methyl sites for hydroxylation is 1. The van der Waals surface area contributed by atoms with Crippen LogP contribution >= 0.6 is 0 Å². The second-order valence-electron chi connectivity index (χ2n) is 9.29. The van der Waals surface area contributed by atoms with Crippen molar-refractivity contribution in [3.63, 3.8) is 0 Å². The molecular weight excluding hydrogens is 454 g/mol. The number of dihydropyridines is 1. The monoisotopic (exact) mass is 488 g/mol. The average Bonchev–Trinajstić information content (AvgIpc) is 2.89. The number of fused-ring (bicyclic) bond motifs is 1. The van der Waals surface area contributed by atoms with Gasteiger partial charge in [0.1, 0.15) is 11.6 Å². The summed E-state index contributed by atoms with van der Waals surface area (Å²) in [5.41, 5.74) is 5.96. The average molecular weight is 489 g/mol. The smallest absolute Gasteiger partial charge is 0.123 e. The third kappa shape index (κ3) is 7.83. The van der Waals surface area contributed by atoms with Crippen LogP contribution in [-0.4, -0.2) is 42.1 Å². The van der Waals surface area contributed by atoms with E-state index < -0.39 is 0 Å². The first-order valence-electron chi connectivity index (χ1n) is 12.5. The fourth-order valence-electron chi connectivity index (χ4n) is 4.53. The van der Waals surface area contributed by atoms with Gasteiger partial charge in [0, 0.05) is 51.2 Å². The lowest BCUT2D eigenvalue weighted by Gasteiger charge is -2.37. The molecule has 3 aromatic rings. The van der Waals surface area contributed by atoms with E-state index in [1.165, 1.54) is 28.8 Å². The third-order valence-corrected chi connectivity index (χ3v) is 6.55. The lowest BCUT2D eigenvalue weighted by Crippen LogP contribution is -2.45. The normalized spacial score (nSPS) is 16.9. The summed E-state index contributed by atoms with van der Waals surface area (Å²) in [5.74, 6) is -0.394. The van der Waals surface area contributed by atoms with Gasteiger partial charge in [0.2, 0.25) is 0 Å². The Morgan fingerprint density at radius 2 is 1.78 bits per heavy atom. The minimum atomic E-state index is -0.216. The number of halogens is 2. The molecule has 0 aliphatic carbocycles. The lowest BCUT2D eigenvalue weighted by atomic mass is 9.90. The highest BCUT2D eigenvalue weighted by Gasteiger charge is 2.26. The van der Waals surface area contributed by atoms with E-state index in [1.54, 1.807) is 24.5 Å². The predicted octanol–water partition coefficient (Wildman–Crippen LogP) is 4.96. The summed E-state index contributed by atoms with van der Waals surface area (Å²) < 4.78 is 27.0. The molecule has 6 heteroatoms. The summed E-state index contributed by atoms with van der Waals surface area (Å²) in [6, 6.07) is 16.1. The van der Waals surface area contributed by atoms with Crippen molar-refractivity contribution in [3.8, 4) is 0 Å². The molecule has 36 heavy (non-hydrogen) atoms. The summed E-state index contributed by atoms with van der Waals surface area (Å²) >= 11 is 0. The molecular formula is C30H34F2N4. The van der Waals surface area contributed by atoms with Crippen molar-refractivity contribution in [1.82, 2.24) is 20.5 Å². The number of nitrogens with one attached hydrogen (secondary N) is 2. The molecule has 0 saturated carbocycles. The molecule has 188 valence electrons. The highest BCUT2D eigenvalue weighted by molar-refractivity contribution is 5.32. The van der Waals surface area contributed by atoms with Crippen LogP contribution in [0, 0.1) is 18.6 Å². The molecule has 3 heterocycles. The van der Waals surface area contributed by atoms with Gasteiger partial charge in [-0.05, 0) is 96.3 Å². The van der Waals surface area contributed by atoms with Crippen LogP contribution in [0.3, 0.4) is 0 Å². The van der Waals surface area contributed by atoms with Crippen LogP contribution in [0.4, 0.5) is 8.78 Å². The molecule has 0 amide bonds. The summed E-state index contributed by atoms with van der Waals surface area (Å²) in [5, 5.41) is 6.69. The maximum Gasteiger partial charge on any atom is 0.123 e. The van der Waals surface area contributed by atoms with Gasteiger partial charge >= 0.3 is 0 Å². The predicted molar refractivity (Wildman–Crippen MR) is 141 cm³/mol. The topological polar surface area (TPSA) is 40.2 Å². The summed E-state index contributed by atoms with van der Waals surface area (Å²) in [4.78, 5) is 6.31. The van der Waals surface area contributed by atoms with Gasteiger partial charge in [-0.25, -0.2) is 8.78 Å². The Kier molecular flexibility index (Phi) is 9.36. The quantitative estimate of drug-likeness (QED) is 0.462. The van der Waals surface area contributed by atoms with Gasteiger partial charge in [0.05, 0.1) is 0 Å². The van der Waals surface area contributed by atoms with Gasteiger partial charge in [-0.1, -0.05) is 24.3 Å². The van der Waals surface area contributed by atoms with E-state index in [-0.39, 0.29) is 17.7 Å². The molecule has 0 fully saturated rings. The van der Waals surface area contributed by atoms with E-state index >= 15 is 0 Å². The number of rotatable bonds is 7. The molecule has 0 bridgehead atoms. The van der Waals surface area contributed by atoms with Crippen molar-refractivity contribution in [1.29, 1.82) is 0 Å². The van der Waals surface area contributed by atoms with Crippen LogP contribution in [0.15, 0.2) is 90.9 Å². The van der Waals surface area contributed by atoms with E-state index in [2.05, 4.69) is 32.7 Å². The van der Waals surface area contributed by atoms with Crippen molar-refractivity contribution in [2.45, 2.75) is 32.4 Å². The second kappa shape index (κ2) is 13.1. The number of hydrogen-bond donors (Lipinski definition) is 2. The Morgan fingerprint density at radius 1 is 1.00 bits per heavy atom. The number of nitrogens with zero attached hydrogens (tertiary/aromatic N) is 2. The van der Waals surface area contributed by atoms with Crippen LogP contribution in [0.2, 0.25) is 0 Å². The molecule has 1 atom stereocenters. The van der Waals surface area contributed by atoms with Crippen LogP contribution in [-0.2, 0) is 19.4 Å². The molecule has 2 N–H and O–H groups in total. The van der Waals surface area contributed by atoms with Crippen LogP contribution in [0.25, 0.3) is 0 Å². The van der Waals surface area contributed by atoms with Crippen LogP contribution < -0.4 is 10.6 Å². The van der Waals surface area contributed by atoms with Gasteiger partial charge in [-0.2, -0.15) is 0 Å². The Bertz CT molecular complexity index is 1160. The number of hydrogen-bond acceptors (Lipinski definition) is 4. The van der Waals surface area contributed by atoms with Gasteiger partial charge < -0.3 is 10.6 Å².